The lowest BCUT2D eigenvalue weighted by atomic mass is 10.0. The van der Waals surface area contributed by atoms with E-state index in [1.165, 1.54) is 0 Å². The molecule has 0 radical (unpaired) electrons. The van der Waals surface area contributed by atoms with Crippen LogP contribution in [0.3, 0.4) is 0 Å². The van der Waals surface area contributed by atoms with Crippen LogP contribution in [0.1, 0.15) is 38.1 Å². The molecule has 0 fully saturated rings. The Kier molecular flexibility index (Phi) is 4.20. The van der Waals surface area contributed by atoms with Gasteiger partial charge in [-0.2, -0.15) is 0 Å². The average molecular weight is 289 g/mol. The number of carboxylic acids is 1. The molecular weight excluding hydrogens is 274 g/mol. The number of benzene rings is 1. The standard InChI is InChI=1S/C15H15NO3S/c1-3-10-6-4-5-7-11(10)14(17)16-12-8-9(2)13(20-12)15(18)19/h4-8H,3H2,1-2H3,(H,16,17)(H,18,19). The molecular formula is C15H15NO3S. The van der Waals surface area contributed by atoms with Gasteiger partial charge in [-0.1, -0.05) is 25.1 Å². The largest absolute Gasteiger partial charge is 0.477 e. The number of aromatic carboxylic acids is 1. The molecule has 0 spiro atoms. The van der Waals surface area contributed by atoms with Crippen LogP contribution in [0.2, 0.25) is 0 Å². The lowest BCUT2D eigenvalue weighted by Crippen LogP contribution is -2.13. The van der Waals surface area contributed by atoms with Gasteiger partial charge in [-0.3, -0.25) is 4.79 Å². The van der Waals surface area contributed by atoms with Crippen LogP contribution < -0.4 is 5.32 Å². The van der Waals surface area contributed by atoms with E-state index in [0.29, 0.717) is 16.1 Å². The number of rotatable bonds is 4. The molecule has 0 bridgehead atoms. The van der Waals surface area contributed by atoms with Crippen molar-refractivity contribution in [2.45, 2.75) is 20.3 Å². The number of nitrogens with one attached hydrogen (secondary N) is 1. The van der Waals surface area contributed by atoms with Crippen LogP contribution in [0.15, 0.2) is 30.3 Å². The van der Waals surface area contributed by atoms with E-state index in [1.54, 1.807) is 19.1 Å². The van der Waals surface area contributed by atoms with Gasteiger partial charge in [0.05, 0.1) is 5.00 Å². The minimum atomic E-state index is -0.970. The maximum Gasteiger partial charge on any atom is 0.346 e. The second kappa shape index (κ2) is 5.88. The molecule has 2 aromatic rings. The summed E-state index contributed by atoms with van der Waals surface area (Å²) < 4.78 is 0. The van der Waals surface area contributed by atoms with Gasteiger partial charge in [-0.25, -0.2) is 4.79 Å². The third-order valence-corrected chi connectivity index (χ3v) is 4.13. The van der Waals surface area contributed by atoms with Crippen LogP contribution in [0.5, 0.6) is 0 Å². The number of carbonyl (C=O) groups is 2. The van der Waals surface area contributed by atoms with Gasteiger partial charge in [0.15, 0.2) is 0 Å². The molecule has 0 aliphatic rings. The molecule has 0 atom stereocenters. The first-order valence-electron chi connectivity index (χ1n) is 6.26. The maximum absolute atomic E-state index is 12.2. The summed E-state index contributed by atoms with van der Waals surface area (Å²) in [5.41, 5.74) is 2.25. The van der Waals surface area contributed by atoms with Crippen LogP contribution in [-0.2, 0) is 6.42 Å². The first-order chi connectivity index (χ1) is 9.52. The van der Waals surface area contributed by atoms with E-state index >= 15 is 0 Å². The van der Waals surface area contributed by atoms with Gasteiger partial charge in [0.2, 0.25) is 0 Å². The van der Waals surface area contributed by atoms with Crippen LogP contribution in [-0.4, -0.2) is 17.0 Å². The maximum atomic E-state index is 12.2. The van der Waals surface area contributed by atoms with E-state index in [1.807, 2.05) is 25.1 Å². The molecule has 0 aliphatic carbocycles. The zero-order chi connectivity index (χ0) is 14.7. The zero-order valence-electron chi connectivity index (χ0n) is 11.3. The van der Waals surface area contributed by atoms with Gasteiger partial charge in [0, 0.05) is 5.56 Å². The zero-order valence-corrected chi connectivity index (χ0v) is 12.1. The highest BCUT2D eigenvalue weighted by atomic mass is 32.1. The van der Waals surface area contributed by atoms with Gasteiger partial charge in [-0.15, -0.1) is 11.3 Å². The van der Waals surface area contributed by atoms with E-state index < -0.39 is 5.97 Å². The highest BCUT2D eigenvalue weighted by Gasteiger charge is 2.15. The Morgan fingerprint density at radius 1 is 1.30 bits per heavy atom. The van der Waals surface area contributed by atoms with Crippen LogP contribution in [0, 0.1) is 6.92 Å². The molecule has 20 heavy (non-hydrogen) atoms. The van der Waals surface area contributed by atoms with Crippen molar-refractivity contribution in [3.05, 3.63) is 51.9 Å². The Morgan fingerprint density at radius 3 is 2.60 bits per heavy atom. The minimum Gasteiger partial charge on any atom is -0.477 e. The fourth-order valence-corrected chi connectivity index (χ4v) is 2.89. The molecule has 0 unspecified atom stereocenters. The van der Waals surface area contributed by atoms with E-state index in [-0.39, 0.29) is 10.8 Å². The molecule has 0 aliphatic heterocycles. The van der Waals surface area contributed by atoms with Crippen molar-refractivity contribution in [3.8, 4) is 0 Å². The molecule has 104 valence electrons. The molecule has 5 heteroatoms. The van der Waals surface area contributed by atoms with E-state index in [4.69, 9.17) is 5.11 Å². The number of amides is 1. The van der Waals surface area contributed by atoms with Gasteiger partial charge < -0.3 is 10.4 Å². The number of anilines is 1. The lowest BCUT2D eigenvalue weighted by Gasteiger charge is -2.07. The molecule has 1 aromatic carbocycles. The van der Waals surface area contributed by atoms with Gasteiger partial charge >= 0.3 is 5.97 Å². The summed E-state index contributed by atoms with van der Waals surface area (Å²) in [6.07, 6.45) is 0.771. The van der Waals surface area contributed by atoms with Crippen molar-refractivity contribution in [1.29, 1.82) is 0 Å². The van der Waals surface area contributed by atoms with Crippen molar-refractivity contribution in [3.63, 3.8) is 0 Å². The number of thiophene rings is 1. The second-order valence-electron chi connectivity index (χ2n) is 4.39. The molecule has 2 rings (SSSR count). The first kappa shape index (κ1) is 14.3. The molecule has 1 heterocycles. The summed E-state index contributed by atoms with van der Waals surface area (Å²) >= 11 is 1.07. The number of aryl methyl sites for hydroxylation is 2. The molecule has 1 amide bonds. The summed E-state index contributed by atoms with van der Waals surface area (Å²) in [6, 6.07) is 9.08. The molecule has 0 saturated carbocycles. The number of hydrogen-bond donors (Lipinski definition) is 2. The summed E-state index contributed by atoms with van der Waals surface area (Å²) in [6.45, 7) is 3.71. The molecule has 0 saturated heterocycles. The topological polar surface area (TPSA) is 66.4 Å². The van der Waals surface area contributed by atoms with Crippen molar-refractivity contribution >= 4 is 28.2 Å². The SMILES string of the molecule is CCc1ccccc1C(=O)Nc1cc(C)c(C(=O)O)s1. The van der Waals surface area contributed by atoms with Gasteiger partial charge in [0.1, 0.15) is 4.88 Å². The van der Waals surface area contributed by atoms with Crippen molar-refractivity contribution in [2.75, 3.05) is 5.32 Å². The normalized spacial score (nSPS) is 10.3. The van der Waals surface area contributed by atoms with Crippen molar-refractivity contribution in [1.82, 2.24) is 0 Å². The first-order valence-corrected chi connectivity index (χ1v) is 7.07. The van der Waals surface area contributed by atoms with E-state index in [9.17, 15) is 9.59 Å². The quantitative estimate of drug-likeness (QED) is 0.904. The predicted molar refractivity (Wildman–Crippen MR) is 79.8 cm³/mol. The monoisotopic (exact) mass is 289 g/mol. The Bertz CT molecular complexity index is 661. The Morgan fingerprint density at radius 2 is 2.00 bits per heavy atom. The van der Waals surface area contributed by atoms with Crippen LogP contribution in [0.4, 0.5) is 5.00 Å². The summed E-state index contributed by atoms with van der Waals surface area (Å²) in [5, 5.41) is 12.3. The summed E-state index contributed by atoms with van der Waals surface area (Å²) in [4.78, 5) is 23.5. The van der Waals surface area contributed by atoms with Crippen molar-refractivity contribution in [2.24, 2.45) is 0 Å². The highest BCUT2D eigenvalue weighted by Crippen LogP contribution is 2.27. The van der Waals surface area contributed by atoms with E-state index in [0.717, 1.165) is 23.3 Å². The third kappa shape index (κ3) is 2.88. The fraction of sp³-hybridized carbons (Fsp3) is 0.200. The number of carbonyl (C=O) groups excluding carboxylic acids is 1. The van der Waals surface area contributed by atoms with E-state index in [2.05, 4.69) is 5.32 Å². The Labute approximate surface area is 121 Å². The smallest absolute Gasteiger partial charge is 0.346 e. The highest BCUT2D eigenvalue weighted by molar-refractivity contribution is 7.18. The van der Waals surface area contributed by atoms with Gasteiger partial charge in [0.25, 0.3) is 5.91 Å². The second-order valence-corrected chi connectivity index (χ2v) is 5.44. The number of carboxylic acid groups (broad SMARTS) is 1. The minimum absolute atomic E-state index is 0.208. The lowest BCUT2D eigenvalue weighted by molar-refractivity contribution is 0.0701. The summed E-state index contributed by atoms with van der Waals surface area (Å²) in [7, 11) is 0. The fourth-order valence-electron chi connectivity index (χ4n) is 1.99. The predicted octanol–water partition coefficient (Wildman–Crippen LogP) is 3.57. The van der Waals surface area contributed by atoms with Crippen LogP contribution >= 0.6 is 11.3 Å². The van der Waals surface area contributed by atoms with Gasteiger partial charge in [-0.05, 0) is 36.6 Å². The van der Waals surface area contributed by atoms with Crippen LogP contribution in [0.25, 0.3) is 0 Å². The average Bonchev–Trinajstić information content (AvgIpc) is 2.79. The Hall–Kier alpha value is -2.14. The molecule has 1 aromatic heterocycles. The molecule has 4 nitrogen and oxygen atoms in total. The third-order valence-electron chi connectivity index (χ3n) is 2.99. The molecule has 2 N–H and O–H groups in total. The Balaban J connectivity index is 2.24. The van der Waals surface area contributed by atoms with Crippen molar-refractivity contribution < 1.29 is 14.7 Å². The number of hydrogen-bond acceptors (Lipinski definition) is 3. The summed E-state index contributed by atoms with van der Waals surface area (Å²) in [5.74, 6) is -1.18.